The monoisotopic (exact) mass is 286 g/mol. The predicted octanol–water partition coefficient (Wildman–Crippen LogP) is 1.32. The van der Waals surface area contributed by atoms with Crippen LogP contribution in [0.1, 0.15) is 13.3 Å². The lowest BCUT2D eigenvalue weighted by atomic mass is 9.76. The van der Waals surface area contributed by atoms with Crippen molar-refractivity contribution in [3.05, 3.63) is 30.6 Å². The van der Waals surface area contributed by atoms with E-state index < -0.39 is 0 Å². The number of amides is 1. The van der Waals surface area contributed by atoms with Gasteiger partial charge < -0.3 is 15.8 Å². The number of anilines is 1. The smallest absolute Gasteiger partial charge is 0.226 e. The van der Waals surface area contributed by atoms with Crippen molar-refractivity contribution in [3.8, 4) is 0 Å². The lowest BCUT2D eigenvalue weighted by molar-refractivity contribution is -0.144. The van der Waals surface area contributed by atoms with Crippen molar-refractivity contribution in [2.24, 2.45) is 11.1 Å². The second-order valence-electron chi connectivity index (χ2n) is 5.63. The van der Waals surface area contributed by atoms with Gasteiger partial charge in [-0.3, -0.25) is 9.78 Å². The number of ether oxygens (including phenoxy) is 1. The molecule has 0 bridgehead atoms. The highest BCUT2D eigenvalue weighted by Gasteiger charge is 2.43. The minimum atomic E-state index is -0.245. The van der Waals surface area contributed by atoms with E-state index in [-0.39, 0.29) is 17.4 Å². The van der Waals surface area contributed by atoms with Gasteiger partial charge in [0.05, 0.1) is 18.7 Å². The van der Waals surface area contributed by atoms with E-state index in [0.717, 1.165) is 10.9 Å². The number of carbonyl (C=O) groups is 1. The van der Waals surface area contributed by atoms with Crippen LogP contribution >= 0.6 is 0 Å². The first-order chi connectivity index (χ1) is 10.1. The van der Waals surface area contributed by atoms with Gasteiger partial charge in [0.1, 0.15) is 5.82 Å². The van der Waals surface area contributed by atoms with E-state index in [9.17, 15) is 4.79 Å². The number of nitrogens with two attached hydrogens (primary N) is 1. The Bertz CT molecular complexity index is 668. The largest absolute Gasteiger partial charge is 0.380 e. The quantitative estimate of drug-likeness (QED) is 0.884. The second-order valence-corrected chi connectivity index (χ2v) is 5.63. The average Bonchev–Trinajstić information content (AvgIpc) is 2.42. The van der Waals surface area contributed by atoms with Crippen molar-refractivity contribution >= 4 is 22.6 Å². The number of aromatic nitrogens is 2. The summed E-state index contributed by atoms with van der Waals surface area (Å²) in [6.45, 7) is 2.99. The van der Waals surface area contributed by atoms with Gasteiger partial charge in [-0.05, 0) is 25.1 Å². The summed E-state index contributed by atoms with van der Waals surface area (Å²) in [7, 11) is 0. The Hall–Kier alpha value is -2.05. The molecule has 6 nitrogen and oxygen atoms in total. The molecule has 21 heavy (non-hydrogen) atoms. The molecule has 110 valence electrons. The lowest BCUT2D eigenvalue weighted by Crippen LogP contribution is -2.55. The van der Waals surface area contributed by atoms with Crippen LogP contribution in [-0.4, -0.2) is 35.1 Å². The zero-order valence-corrected chi connectivity index (χ0v) is 11.9. The number of hydrogen-bond donors (Lipinski definition) is 2. The highest BCUT2D eigenvalue weighted by Crippen LogP contribution is 2.34. The normalized spacial score (nSPS) is 18.0. The summed E-state index contributed by atoms with van der Waals surface area (Å²) in [4.78, 5) is 20.6. The zero-order valence-electron chi connectivity index (χ0n) is 11.9. The minimum absolute atomic E-state index is 0.0763. The Balaban J connectivity index is 1.71. The third-order valence-corrected chi connectivity index (χ3v) is 4.01. The molecular formula is C15H18N4O2. The number of fused-ring (bicyclic) bond motifs is 1. The number of nitrogens with zero attached hydrogens (tertiary/aromatic N) is 2. The molecule has 2 aromatic heterocycles. The molecule has 1 atom stereocenters. The molecule has 0 spiro atoms. The van der Waals surface area contributed by atoms with Crippen LogP contribution in [0.25, 0.3) is 10.9 Å². The number of rotatable bonds is 4. The fourth-order valence-corrected chi connectivity index (χ4v) is 2.43. The molecule has 3 rings (SSSR count). The summed E-state index contributed by atoms with van der Waals surface area (Å²) < 4.78 is 5.23. The molecule has 0 saturated carbocycles. The SMILES string of the molecule is CC(N)C1(CC(=O)Nc2ccc3cnccc3n2)COC1. The third kappa shape index (κ3) is 2.72. The number of nitrogens with one attached hydrogen (secondary N) is 1. The third-order valence-electron chi connectivity index (χ3n) is 4.01. The van der Waals surface area contributed by atoms with Gasteiger partial charge in [-0.1, -0.05) is 0 Å². The van der Waals surface area contributed by atoms with Crippen molar-refractivity contribution in [3.63, 3.8) is 0 Å². The van der Waals surface area contributed by atoms with E-state index >= 15 is 0 Å². The van der Waals surface area contributed by atoms with Crippen LogP contribution in [-0.2, 0) is 9.53 Å². The van der Waals surface area contributed by atoms with E-state index in [2.05, 4.69) is 15.3 Å². The fraction of sp³-hybridized carbons (Fsp3) is 0.400. The highest BCUT2D eigenvalue weighted by atomic mass is 16.5. The van der Waals surface area contributed by atoms with Gasteiger partial charge >= 0.3 is 0 Å². The van der Waals surface area contributed by atoms with Gasteiger partial charge in [-0.2, -0.15) is 0 Å². The average molecular weight is 286 g/mol. The molecule has 0 radical (unpaired) electrons. The van der Waals surface area contributed by atoms with Gasteiger partial charge in [0.25, 0.3) is 0 Å². The maximum Gasteiger partial charge on any atom is 0.226 e. The minimum Gasteiger partial charge on any atom is -0.380 e. The van der Waals surface area contributed by atoms with Crippen LogP contribution in [0, 0.1) is 5.41 Å². The Morgan fingerprint density at radius 2 is 2.29 bits per heavy atom. The number of hydrogen-bond acceptors (Lipinski definition) is 5. The van der Waals surface area contributed by atoms with E-state index in [4.69, 9.17) is 10.5 Å². The van der Waals surface area contributed by atoms with Crippen LogP contribution < -0.4 is 11.1 Å². The summed E-state index contributed by atoms with van der Waals surface area (Å²) in [5, 5.41) is 3.77. The molecule has 1 aliphatic heterocycles. The van der Waals surface area contributed by atoms with Crippen molar-refractivity contribution < 1.29 is 9.53 Å². The predicted molar refractivity (Wildman–Crippen MR) is 79.7 cm³/mol. The molecule has 0 aliphatic carbocycles. The van der Waals surface area contributed by atoms with Crippen LogP contribution in [0.5, 0.6) is 0 Å². The lowest BCUT2D eigenvalue weighted by Gasteiger charge is -2.44. The maximum absolute atomic E-state index is 12.2. The van der Waals surface area contributed by atoms with Crippen molar-refractivity contribution in [1.29, 1.82) is 0 Å². The Morgan fingerprint density at radius 3 is 2.95 bits per heavy atom. The maximum atomic E-state index is 12.2. The molecule has 1 saturated heterocycles. The summed E-state index contributed by atoms with van der Waals surface area (Å²) in [5.74, 6) is 0.454. The van der Waals surface area contributed by atoms with E-state index in [1.165, 1.54) is 0 Å². The van der Waals surface area contributed by atoms with Gasteiger partial charge in [0, 0.05) is 35.7 Å². The Labute approximate surface area is 122 Å². The van der Waals surface area contributed by atoms with Crippen molar-refractivity contribution in [2.45, 2.75) is 19.4 Å². The standard InChI is InChI=1S/C15H18N4O2/c1-10(16)15(8-21-9-15)6-14(20)19-13-3-2-11-7-17-5-4-12(11)18-13/h2-5,7,10H,6,8-9,16H2,1H3,(H,18,19,20). The first kappa shape index (κ1) is 13.9. The van der Waals surface area contributed by atoms with E-state index in [0.29, 0.717) is 25.5 Å². The first-order valence-electron chi connectivity index (χ1n) is 6.93. The molecule has 1 amide bonds. The van der Waals surface area contributed by atoms with Gasteiger partial charge in [0.15, 0.2) is 0 Å². The van der Waals surface area contributed by atoms with Crippen LogP contribution in [0.4, 0.5) is 5.82 Å². The summed E-state index contributed by atoms with van der Waals surface area (Å²) in [6.07, 6.45) is 3.77. The fourth-order valence-electron chi connectivity index (χ4n) is 2.43. The second kappa shape index (κ2) is 5.38. The molecule has 1 unspecified atom stereocenters. The van der Waals surface area contributed by atoms with Crippen molar-refractivity contribution in [2.75, 3.05) is 18.5 Å². The van der Waals surface area contributed by atoms with Crippen LogP contribution in [0.2, 0.25) is 0 Å². The van der Waals surface area contributed by atoms with Crippen LogP contribution in [0.15, 0.2) is 30.6 Å². The molecule has 2 aromatic rings. The summed E-state index contributed by atoms with van der Waals surface area (Å²) in [5.41, 5.74) is 6.52. The first-order valence-corrected chi connectivity index (χ1v) is 6.93. The van der Waals surface area contributed by atoms with Gasteiger partial charge in [-0.15, -0.1) is 0 Å². The summed E-state index contributed by atoms with van der Waals surface area (Å²) in [6, 6.07) is 5.40. The van der Waals surface area contributed by atoms with E-state index in [1.54, 1.807) is 18.5 Å². The van der Waals surface area contributed by atoms with E-state index in [1.807, 2.05) is 19.1 Å². The summed E-state index contributed by atoms with van der Waals surface area (Å²) >= 11 is 0. The highest BCUT2D eigenvalue weighted by molar-refractivity contribution is 5.91. The molecule has 3 heterocycles. The molecule has 0 aromatic carbocycles. The van der Waals surface area contributed by atoms with Crippen LogP contribution in [0.3, 0.4) is 0 Å². The van der Waals surface area contributed by atoms with Crippen molar-refractivity contribution in [1.82, 2.24) is 9.97 Å². The topological polar surface area (TPSA) is 90.1 Å². The number of carbonyl (C=O) groups excluding carboxylic acids is 1. The zero-order chi connectivity index (χ0) is 14.9. The Kier molecular flexibility index (Phi) is 3.57. The number of pyridine rings is 2. The molecule has 1 aliphatic rings. The molecule has 1 fully saturated rings. The molecular weight excluding hydrogens is 268 g/mol. The molecule has 6 heteroatoms. The molecule has 3 N–H and O–H groups in total. The Morgan fingerprint density at radius 1 is 1.48 bits per heavy atom. The van der Waals surface area contributed by atoms with Gasteiger partial charge in [0.2, 0.25) is 5.91 Å². The van der Waals surface area contributed by atoms with Gasteiger partial charge in [-0.25, -0.2) is 4.98 Å².